The molecule has 1 aromatic heterocycles. The van der Waals surface area contributed by atoms with Gasteiger partial charge < -0.3 is 15.2 Å². The van der Waals surface area contributed by atoms with Crippen molar-refractivity contribution in [3.8, 4) is 5.75 Å². The van der Waals surface area contributed by atoms with Gasteiger partial charge in [-0.3, -0.25) is 0 Å². The number of nitrogens with zero attached hydrogens (tertiary/aromatic N) is 2. The maximum absolute atomic E-state index is 9.32. The summed E-state index contributed by atoms with van der Waals surface area (Å²) in [5.74, 6) is 1.42. The number of rotatable bonds is 6. The molecule has 2 N–H and O–H groups in total. The highest BCUT2D eigenvalue weighted by atomic mass is 16.5. The highest BCUT2D eigenvalue weighted by Crippen LogP contribution is 2.19. The van der Waals surface area contributed by atoms with Crippen molar-refractivity contribution in [2.45, 2.75) is 33.3 Å². The van der Waals surface area contributed by atoms with Crippen LogP contribution in [0.4, 0.5) is 5.95 Å². The van der Waals surface area contributed by atoms with Crippen LogP contribution in [0.1, 0.15) is 29.4 Å². The van der Waals surface area contributed by atoms with Gasteiger partial charge in [-0.05, 0) is 44.0 Å². The predicted molar refractivity (Wildman–Crippen MR) is 87.5 cm³/mol. The van der Waals surface area contributed by atoms with Crippen LogP contribution < -0.4 is 10.1 Å². The highest BCUT2D eigenvalue weighted by Gasteiger charge is 2.10. The largest absolute Gasteiger partial charge is 0.497 e. The molecule has 0 amide bonds. The first-order valence-electron chi connectivity index (χ1n) is 7.38. The van der Waals surface area contributed by atoms with Crippen molar-refractivity contribution in [2.75, 3.05) is 19.0 Å². The van der Waals surface area contributed by atoms with Crippen LogP contribution in [0.2, 0.25) is 0 Å². The standard InChI is InChI=1S/C17H23N3O2/c1-11(21)10-18-17-19-12(2)16(13(3)20-17)9-14-5-7-15(22-4)8-6-14/h5-8,11,21H,9-10H2,1-4H3,(H,18,19,20)/t11-/m1/s1. The van der Waals surface area contributed by atoms with E-state index in [1.807, 2.05) is 26.0 Å². The van der Waals surface area contributed by atoms with E-state index in [0.29, 0.717) is 12.5 Å². The maximum atomic E-state index is 9.32. The monoisotopic (exact) mass is 301 g/mol. The van der Waals surface area contributed by atoms with Crippen LogP contribution in [-0.2, 0) is 6.42 Å². The van der Waals surface area contributed by atoms with Crippen LogP contribution in [0.25, 0.3) is 0 Å². The molecule has 0 saturated carbocycles. The minimum Gasteiger partial charge on any atom is -0.497 e. The Morgan fingerprint density at radius 1 is 1.14 bits per heavy atom. The fourth-order valence-corrected chi connectivity index (χ4v) is 2.26. The number of hydrogen-bond donors (Lipinski definition) is 2. The summed E-state index contributed by atoms with van der Waals surface area (Å²) in [6.45, 7) is 6.14. The summed E-state index contributed by atoms with van der Waals surface area (Å²) in [7, 11) is 1.66. The summed E-state index contributed by atoms with van der Waals surface area (Å²) in [4.78, 5) is 8.96. The van der Waals surface area contributed by atoms with Crippen LogP contribution >= 0.6 is 0 Å². The molecular weight excluding hydrogens is 278 g/mol. The molecule has 0 spiro atoms. The number of aromatic nitrogens is 2. The van der Waals surface area contributed by atoms with Gasteiger partial charge in [0.05, 0.1) is 13.2 Å². The lowest BCUT2D eigenvalue weighted by Gasteiger charge is -2.13. The second kappa shape index (κ2) is 7.22. The number of aliphatic hydroxyl groups excluding tert-OH is 1. The van der Waals surface area contributed by atoms with Crippen molar-refractivity contribution in [2.24, 2.45) is 0 Å². The Kier molecular flexibility index (Phi) is 5.33. The zero-order chi connectivity index (χ0) is 16.1. The third kappa shape index (κ3) is 4.18. The van der Waals surface area contributed by atoms with E-state index >= 15 is 0 Å². The molecule has 0 aliphatic rings. The van der Waals surface area contributed by atoms with Crippen LogP contribution in [0.5, 0.6) is 5.75 Å². The number of aryl methyl sites for hydroxylation is 2. The number of anilines is 1. The summed E-state index contributed by atoms with van der Waals surface area (Å²) in [6.07, 6.45) is 0.362. The Balaban J connectivity index is 2.16. The SMILES string of the molecule is COc1ccc(Cc2c(C)nc(NC[C@@H](C)O)nc2C)cc1. The molecule has 0 fully saturated rings. The lowest BCUT2D eigenvalue weighted by molar-refractivity contribution is 0.208. The minimum absolute atomic E-state index is 0.428. The Hall–Kier alpha value is -2.14. The van der Waals surface area contributed by atoms with Crippen molar-refractivity contribution in [3.05, 3.63) is 46.8 Å². The van der Waals surface area contributed by atoms with E-state index < -0.39 is 6.10 Å². The van der Waals surface area contributed by atoms with Crippen molar-refractivity contribution in [1.29, 1.82) is 0 Å². The Morgan fingerprint density at radius 2 is 1.73 bits per heavy atom. The molecule has 0 aliphatic heterocycles. The molecule has 1 heterocycles. The van der Waals surface area contributed by atoms with E-state index in [1.54, 1.807) is 14.0 Å². The predicted octanol–water partition coefficient (Wildman–Crippen LogP) is 2.49. The molecule has 1 aromatic carbocycles. The van der Waals surface area contributed by atoms with E-state index in [0.717, 1.165) is 29.1 Å². The zero-order valence-electron chi connectivity index (χ0n) is 13.6. The summed E-state index contributed by atoms with van der Waals surface area (Å²) in [5.41, 5.74) is 4.24. The van der Waals surface area contributed by atoms with Crippen molar-refractivity contribution in [3.63, 3.8) is 0 Å². The normalized spacial score (nSPS) is 12.0. The number of ether oxygens (including phenoxy) is 1. The fourth-order valence-electron chi connectivity index (χ4n) is 2.26. The van der Waals surface area contributed by atoms with Gasteiger partial charge in [-0.25, -0.2) is 9.97 Å². The first-order chi connectivity index (χ1) is 10.5. The number of nitrogens with one attached hydrogen (secondary N) is 1. The van der Waals surface area contributed by atoms with E-state index in [9.17, 15) is 5.11 Å². The van der Waals surface area contributed by atoms with Gasteiger partial charge in [0.1, 0.15) is 5.75 Å². The quantitative estimate of drug-likeness (QED) is 0.858. The van der Waals surface area contributed by atoms with E-state index in [1.165, 1.54) is 5.56 Å². The number of hydrogen-bond acceptors (Lipinski definition) is 5. The Bertz CT molecular complexity index is 601. The number of benzene rings is 1. The molecule has 5 nitrogen and oxygen atoms in total. The summed E-state index contributed by atoms with van der Waals surface area (Å²) in [6, 6.07) is 8.02. The van der Waals surface area contributed by atoms with Crippen molar-refractivity contribution in [1.82, 2.24) is 9.97 Å². The molecule has 22 heavy (non-hydrogen) atoms. The molecular formula is C17H23N3O2. The third-order valence-corrected chi connectivity index (χ3v) is 3.52. The van der Waals surface area contributed by atoms with Crippen LogP contribution in [0.15, 0.2) is 24.3 Å². The summed E-state index contributed by atoms with van der Waals surface area (Å²) < 4.78 is 5.18. The first kappa shape index (κ1) is 16.2. The number of methoxy groups -OCH3 is 1. The first-order valence-corrected chi connectivity index (χ1v) is 7.38. The number of aliphatic hydroxyl groups is 1. The molecule has 2 rings (SSSR count). The smallest absolute Gasteiger partial charge is 0.223 e. The highest BCUT2D eigenvalue weighted by molar-refractivity contribution is 5.38. The third-order valence-electron chi connectivity index (χ3n) is 3.52. The molecule has 0 aliphatic carbocycles. The second-order valence-electron chi connectivity index (χ2n) is 5.45. The van der Waals surface area contributed by atoms with Gasteiger partial charge in [0.15, 0.2) is 0 Å². The Morgan fingerprint density at radius 3 is 2.23 bits per heavy atom. The lowest BCUT2D eigenvalue weighted by Crippen LogP contribution is -2.18. The second-order valence-corrected chi connectivity index (χ2v) is 5.45. The van der Waals surface area contributed by atoms with Gasteiger partial charge >= 0.3 is 0 Å². The van der Waals surface area contributed by atoms with Crippen LogP contribution in [0, 0.1) is 13.8 Å². The molecule has 0 radical (unpaired) electrons. The van der Waals surface area contributed by atoms with Crippen LogP contribution in [0.3, 0.4) is 0 Å². The molecule has 1 atom stereocenters. The van der Waals surface area contributed by atoms with Gasteiger partial charge in [0, 0.05) is 24.4 Å². The van der Waals surface area contributed by atoms with E-state index in [2.05, 4.69) is 27.4 Å². The maximum Gasteiger partial charge on any atom is 0.223 e. The van der Waals surface area contributed by atoms with Gasteiger partial charge in [-0.1, -0.05) is 12.1 Å². The van der Waals surface area contributed by atoms with E-state index in [4.69, 9.17) is 4.74 Å². The van der Waals surface area contributed by atoms with Crippen LogP contribution in [-0.4, -0.2) is 34.8 Å². The molecule has 0 saturated heterocycles. The molecule has 0 bridgehead atoms. The van der Waals surface area contributed by atoms with Crippen molar-refractivity contribution >= 4 is 5.95 Å². The van der Waals surface area contributed by atoms with E-state index in [-0.39, 0.29) is 0 Å². The molecule has 2 aromatic rings. The van der Waals surface area contributed by atoms with Gasteiger partial charge in [-0.2, -0.15) is 0 Å². The Labute approximate surface area is 131 Å². The summed E-state index contributed by atoms with van der Waals surface area (Å²) >= 11 is 0. The lowest BCUT2D eigenvalue weighted by atomic mass is 10.0. The average Bonchev–Trinajstić information content (AvgIpc) is 2.49. The van der Waals surface area contributed by atoms with Gasteiger partial charge in [-0.15, -0.1) is 0 Å². The topological polar surface area (TPSA) is 67.3 Å². The fraction of sp³-hybridized carbons (Fsp3) is 0.412. The van der Waals surface area contributed by atoms with Gasteiger partial charge in [0.25, 0.3) is 0 Å². The average molecular weight is 301 g/mol. The molecule has 5 heteroatoms. The summed E-state index contributed by atoms with van der Waals surface area (Å²) in [5, 5.41) is 12.4. The van der Waals surface area contributed by atoms with Gasteiger partial charge in [0.2, 0.25) is 5.95 Å². The molecule has 0 unspecified atom stereocenters. The molecule has 118 valence electrons. The minimum atomic E-state index is -0.428. The zero-order valence-corrected chi connectivity index (χ0v) is 13.6. The van der Waals surface area contributed by atoms with Crippen molar-refractivity contribution < 1.29 is 9.84 Å².